The van der Waals surface area contributed by atoms with E-state index in [0.29, 0.717) is 5.69 Å². The highest BCUT2D eigenvalue weighted by molar-refractivity contribution is 6.39. The van der Waals surface area contributed by atoms with Crippen LogP contribution in [0.4, 0.5) is 5.69 Å². The summed E-state index contributed by atoms with van der Waals surface area (Å²) < 4.78 is 0. The van der Waals surface area contributed by atoms with Crippen molar-refractivity contribution in [1.29, 1.82) is 0 Å². The van der Waals surface area contributed by atoms with Gasteiger partial charge in [0.25, 0.3) is 0 Å². The molecule has 0 atom stereocenters. The van der Waals surface area contributed by atoms with Gasteiger partial charge in [-0.1, -0.05) is 30.3 Å². The summed E-state index contributed by atoms with van der Waals surface area (Å²) in [7, 11) is 3.79. The predicted octanol–water partition coefficient (Wildman–Crippen LogP) is 2.33. The molecule has 1 heterocycles. The standard InChI is InChI=1S/C19H23N3O2/c1-21-11-9-17(10-12-21)22(2)19(24)18(23)20-16-8-7-14-5-3-4-6-15(14)13-16/h3-8,13,17H,9-12H2,1-2H3,(H,20,23). The first-order valence-electron chi connectivity index (χ1n) is 8.30. The van der Waals surface area contributed by atoms with E-state index >= 15 is 0 Å². The topological polar surface area (TPSA) is 52.7 Å². The second kappa shape index (κ2) is 7.01. The average molecular weight is 325 g/mol. The Morgan fingerprint density at radius 1 is 1.08 bits per heavy atom. The SMILES string of the molecule is CN1CCC(N(C)C(=O)C(=O)Nc2ccc3ccccc3c2)CC1. The van der Waals surface area contributed by atoms with Gasteiger partial charge in [0.1, 0.15) is 0 Å². The number of fused-ring (bicyclic) bond motifs is 1. The summed E-state index contributed by atoms with van der Waals surface area (Å²) in [5.41, 5.74) is 0.642. The smallest absolute Gasteiger partial charge is 0.313 e. The van der Waals surface area contributed by atoms with Crippen LogP contribution in [0.2, 0.25) is 0 Å². The fraction of sp³-hybridized carbons (Fsp3) is 0.368. The molecule has 2 aromatic rings. The zero-order chi connectivity index (χ0) is 17.1. The van der Waals surface area contributed by atoms with Gasteiger partial charge in [-0.3, -0.25) is 9.59 Å². The quantitative estimate of drug-likeness (QED) is 0.862. The van der Waals surface area contributed by atoms with E-state index in [1.165, 1.54) is 0 Å². The van der Waals surface area contributed by atoms with Gasteiger partial charge in [-0.25, -0.2) is 0 Å². The number of hydrogen-bond acceptors (Lipinski definition) is 3. The summed E-state index contributed by atoms with van der Waals surface area (Å²) in [4.78, 5) is 28.5. The first-order chi connectivity index (χ1) is 11.5. The van der Waals surface area contributed by atoms with Gasteiger partial charge in [0, 0.05) is 18.8 Å². The molecule has 1 saturated heterocycles. The number of piperidine rings is 1. The molecule has 0 saturated carbocycles. The lowest BCUT2D eigenvalue weighted by Gasteiger charge is -2.34. The largest absolute Gasteiger partial charge is 0.334 e. The first kappa shape index (κ1) is 16.5. The third kappa shape index (κ3) is 3.57. The number of rotatable bonds is 2. The van der Waals surface area contributed by atoms with Crippen LogP contribution in [0.15, 0.2) is 42.5 Å². The van der Waals surface area contributed by atoms with Gasteiger partial charge in [-0.15, -0.1) is 0 Å². The molecule has 5 heteroatoms. The van der Waals surface area contributed by atoms with Crippen LogP contribution in [-0.4, -0.2) is 54.8 Å². The van der Waals surface area contributed by atoms with Crippen molar-refractivity contribution in [3.63, 3.8) is 0 Å². The fourth-order valence-corrected chi connectivity index (χ4v) is 3.16. The molecule has 5 nitrogen and oxygen atoms in total. The van der Waals surface area contributed by atoms with Gasteiger partial charge < -0.3 is 15.1 Å². The van der Waals surface area contributed by atoms with Gasteiger partial charge in [0.05, 0.1) is 0 Å². The number of amides is 2. The summed E-state index contributed by atoms with van der Waals surface area (Å²) in [6.45, 7) is 1.91. The van der Waals surface area contributed by atoms with E-state index in [1.807, 2.05) is 42.5 Å². The average Bonchev–Trinajstić information content (AvgIpc) is 2.61. The molecule has 0 aliphatic carbocycles. The van der Waals surface area contributed by atoms with Crippen LogP contribution in [0.1, 0.15) is 12.8 Å². The van der Waals surface area contributed by atoms with E-state index in [0.717, 1.165) is 36.7 Å². The van der Waals surface area contributed by atoms with E-state index in [-0.39, 0.29) is 6.04 Å². The van der Waals surface area contributed by atoms with Crippen molar-refractivity contribution in [2.24, 2.45) is 0 Å². The summed E-state index contributed by atoms with van der Waals surface area (Å²) in [5, 5.41) is 4.86. The minimum absolute atomic E-state index is 0.135. The second-order valence-electron chi connectivity index (χ2n) is 6.47. The molecule has 3 rings (SSSR count). The number of likely N-dealkylation sites (N-methyl/N-ethyl adjacent to an activating group) is 1. The zero-order valence-electron chi connectivity index (χ0n) is 14.2. The summed E-state index contributed by atoms with van der Waals surface area (Å²) in [6.07, 6.45) is 1.81. The molecule has 1 aliphatic heterocycles. The summed E-state index contributed by atoms with van der Waals surface area (Å²) in [6, 6.07) is 13.7. The molecule has 0 unspecified atom stereocenters. The predicted molar refractivity (Wildman–Crippen MR) is 95.9 cm³/mol. The maximum atomic E-state index is 12.4. The molecular formula is C19H23N3O2. The Bertz CT molecular complexity index is 751. The third-order valence-corrected chi connectivity index (χ3v) is 4.76. The molecule has 126 valence electrons. The Labute approximate surface area is 142 Å². The van der Waals surface area contributed by atoms with Gasteiger partial charge in [-0.2, -0.15) is 0 Å². The van der Waals surface area contributed by atoms with Gasteiger partial charge >= 0.3 is 11.8 Å². The van der Waals surface area contributed by atoms with Crippen molar-refractivity contribution in [2.45, 2.75) is 18.9 Å². The summed E-state index contributed by atoms with van der Waals surface area (Å²) in [5.74, 6) is -1.05. The van der Waals surface area contributed by atoms with Crippen molar-refractivity contribution in [2.75, 3.05) is 32.5 Å². The minimum Gasteiger partial charge on any atom is -0.334 e. The Balaban J connectivity index is 1.65. The normalized spacial score (nSPS) is 16.1. The van der Waals surface area contributed by atoms with Crippen LogP contribution >= 0.6 is 0 Å². The van der Waals surface area contributed by atoms with Crippen LogP contribution < -0.4 is 5.32 Å². The number of hydrogen-bond donors (Lipinski definition) is 1. The molecule has 1 aliphatic rings. The van der Waals surface area contributed by atoms with Gasteiger partial charge in [-0.05, 0) is 55.9 Å². The van der Waals surface area contributed by atoms with Crippen LogP contribution in [0.25, 0.3) is 10.8 Å². The lowest BCUT2D eigenvalue weighted by atomic mass is 10.0. The Kier molecular flexibility index (Phi) is 4.81. The highest BCUT2D eigenvalue weighted by atomic mass is 16.2. The molecular weight excluding hydrogens is 302 g/mol. The van der Waals surface area contributed by atoms with Crippen LogP contribution in [0, 0.1) is 0 Å². The third-order valence-electron chi connectivity index (χ3n) is 4.76. The zero-order valence-corrected chi connectivity index (χ0v) is 14.2. The van der Waals surface area contributed by atoms with Crippen molar-refractivity contribution in [3.8, 4) is 0 Å². The number of nitrogens with zero attached hydrogens (tertiary/aromatic N) is 2. The monoisotopic (exact) mass is 325 g/mol. The van der Waals surface area contributed by atoms with E-state index in [2.05, 4.69) is 17.3 Å². The number of carbonyl (C=O) groups is 2. The fourth-order valence-electron chi connectivity index (χ4n) is 3.16. The van der Waals surface area contributed by atoms with E-state index in [9.17, 15) is 9.59 Å². The van der Waals surface area contributed by atoms with E-state index in [1.54, 1.807) is 11.9 Å². The van der Waals surface area contributed by atoms with Crippen LogP contribution in [0.5, 0.6) is 0 Å². The van der Waals surface area contributed by atoms with Crippen LogP contribution in [0.3, 0.4) is 0 Å². The Morgan fingerprint density at radius 2 is 1.75 bits per heavy atom. The lowest BCUT2D eigenvalue weighted by Crippen LogP contribution is -2.47. The molecule has 1 N–H and O–H groups in total. The molecule has 24 heavy (non-hydrogen) atoms. The highest BCUT2D eigenvalue weighted by Crippen LogP contribution is 2.19. The second-order valence-corrected chi connectivity index (χ2v) is 6.47. The number of benzene rings is 2. The van der Waals surface area contributed by atoms with Crippen molar-refractivity contribution in [1.82, 2.24) is 9.80 Å². The molecule has 2 aromatic carbocycles. The molecule has 0 aromatic heterocycles. The molecule has 0 radical (unpaired) electrons. The van der Waals surface area contributed by atoms with E-state index in [4.69, 9.17) is 0 Å². The maximum absolute atomic E-state index is 12.4. The number of carbonyl (C=O) groups excluding carboxylic acids is 2. The van der Waals surface area contributed by atoms with Crippen molar-refractivity contribution >= 4 is 28.3 Å². The van der Waals surface area contributed by atoms with Crippen molar-refractivity contribution in [3.05, 3.63) is 42.5 Å². The van der Waals surface area contributed by atoms with Crippen molar-refractivity contribution < 1.29 is 9.59 Å². The number of anilines is 1. The molecule has 0 bridgehead atoms. The minimum atomic E-state index is -0.577. The highest BCUT2D eigenvalue weighted by Gasteiger charge is 2.27. The van der Waals surface area contributed by atoms with Crippen LogP contribution in [-0.2, 0) is 9.59 Å². The maximum Gasteiger partial charge on any atom is 0.313 e. The number of nitrogens with one attached hydrogen (secondary N) is 1. The number of likely N-dealkylation sites (tertiary alicyclic amines) is 1. The van der Waals surface area contributed by atoms with E-state index < -0.39 is 11.8 Å². The lowest BCUT2D eigenvalue weighted by molar-refractivity contribution is -0.144. The molecule has 0 spiro atoms. The summed E-state index contributed by atoms with van der Waals surface area (Å²) >= 11 is 0. The molecule has 2 amide bonds. The molecule has 1 fully saturated rings. The Hall–Kier alpha value is -2.40. The van der Waals surface area contributed by atoms with Gasteiger partial charge in [0.2, 0.25) is 0 Å². The van der Waals surface area contributed by atoms with Gasteiger partial charge in [0.15, 0.2) is 0 Å². The Morgan fingerprint density at radius 3 is 2.46 bits per heavy atom. The first-order valence-corrected chi connectivity index (χ1v) is 8.30.